The molecular formula is C28H36N4O3. The van der Waals surface area contributed by atoms with Gasteiger partial charge in [0.15, 0.2) is 0 Å². The van der Waals surface area contributed by atoms with Gasteiger partial charge in [-0.05, 0) is 87.3 Å². The summed E-state index contributed by atoms with van der Waals surface area (Å²) < 4.78 is 0. The van der Waals surface area contributed by atoms with Gasteiger partial charge < -0.3 is 20.4 Å². The van der Waals surface area contributed by atoms with Crippen LogP contribution in [0.15, 0.2) is 36.4 Å². The van der Waals surface area contributed by atoms with Gasteiger partial charge >= 0.3 is 6.03 Å². The number of nitrogens with one attached hydrogen (secondary N) is 2. The van der Waals surface area contributed by atoms with Crippen LogP contribution < -0.4 is 10.6 Å². The summed E-state index contributed by atoms with van der Waals surface area (Å²) in [5.41, 5.74) is 5.90. The Hall–Kier alpha value is -3.35. The van der Waals surface area contributed by atoms with Crippen LogP contribution in [0.2, 0.25) is 0 Å². The number of piperidine rings is 1. The maximum atomic E-state index is 12.8. The van der Waals surface area contributed by atoms with Crippen LogP contribution in [-0.2, 0) is 4.79 Å². The second kappa shape index (κ2) is 10.1. The van der Waals surface area contributed by atoms with E-state index in [0.29, 0.717) is 31.7 Å². The Kier molecular flexibility index (Phi) is 7.15. The highest BCUT2D eigenvalue weighted by Gasteiger charge is 2.42. The Bertz CT molecular complexity index is 1140. The van der Waals surface area contributed by atoms with Crippen LogP contribution >= 0.6 is 0 Å². The molecule has 2 aliphatic rings. The number of urea groups is 1. The number of rotatable bonds is 4. The molecule has 1 spiro atoms. The van der Waals surface area contributed by atoms with Crippen LogP contribution in [0.25, 0.3) is 0 Å². The molecule has 2 heterocycles. The molecule has 186 valence electrons. The van der Waals surface area contributed by atoms with E-state index >= 15 is 0 Å². The Morgan fingerprint density at radius 2 is 1.51 bits per heavy atom. The second-order valence-corrected chi connectivity index (χ2v) is 10.3. The van der Waals surface area contributed by atoms with E-state index in [9.17, 15) is 14.4 Å². The third-order valence-corrected chi connectivity index (χ3v) is 7.70. The number of hydrogen-bond donors (Lipinski definition) is 2. The van der Waals surface area contributed by atoms with Gasteiger partial charge in [0.2, 0.25) is 5.91 Å². The zero-order chi connectivity index (χ0) is 25.2. The molecule has 2 fully saturated rings. The number of likely N-dealkylation sites (tertiary alicyclic amines) is 2. The van der Waals surface area contributed by atoms with E-state index in [1.54, 1.807) is 6.07 Å². The Balaban J connectivity index is 1.25. The van der Waals surface area contributed by atoms with E-state index in [2.05, 4.69) is 16.7 Å². The summed E-state index contributed by atoms with van der Waals surface area (Å²) in [6.45, 7) is 10.8. The Labute approximate surface area is 207 Å². The summed E-state index contributed by atoms with van der Waals surface area (Å²) in [6.07, 6.45) is 2.70. The first-order valence-corrected chi connectivity index (χ1v) is 12.4. The molecule has 0 radical (unpaired) electrons. The third-order valence-electron chi connectivity index (χ3n) is 7.70. The summed E-state index contributed by atoms with van der Waals surface area (Å²) >= 11 is 0. The lowest BCUT2D eigenvalue weighted by molar-refractivity contribution is -0.129. The van der Waals surface area contributed by atoms with Gasteiger partial charge in [0.25, 0.3) is 5.91 Å². The lowest BCUT2D eigenvalue weighted by atomic mass is 9.78. The quantitative estimate of drug-likeness (QED) is 0.694. The predicted octanol–water partition coefficient (Wildman–Crippen LogP) is 4.20. The third kappa shape index (κ3) is 5.66. The fourth-order valence-corrected chi connectivity index (χ4v) is 5.14. The summed E-state index contributed by atoms with van der Waals surface area (Å²) in [5.74, 6) is -0.271. The molecule has 35 heavy (non-hydrogen) atoms. The fraction of sp³-hybridized carbons (Fsp3) is 0.464. The van der Waals surface area contributed by atoms with E-state index in [4.69, 9.17) is 0 Å². The second-order valence-electron chi connectivity index (χ2n) is 10.3. The number of benzene rings is 2. The van der Waals surface area contributed by atoms with Crippen LogP contribution in [-0.4, -0.2) is 60.4 Å². The Morgan fingerprint density at radius 3 is 2.17 bits per heavy atom. The molecule has 2 aromatic carbocycles. The highest BCUT2D eigenvalue weighted by Crippen LogP contribution is 2.40. The molecule has 0 aliphatic carbocycles. The molecule has 4 amide bonds. The lowest BCUT2D eigenvalue weighted by Gasteiger charge is -2.39. The smallest absolute Gasteiger partial charge is 0.321 e. The van der Waals surface area contributed by atoms with Gasteiger partial charge in [-0.3, -0.25) is 9.59 Å². The van der Waals surface area contributed by atoms with Crippen molar-refractivity contribution in [1.82, 2.24) is 15.1 Å². The van der Waals surface area contributed by atoms with Crippen molar-refractivity contribution in [1.29, 1.82) is 0 Å². The minimum Gasteiger partial charge on any atom is -0.343 e. The monoisotopic (exact) mass is 476 g/mol. The topological polar surface area (TPSA) is 81.8 Å². The summed E-state index contributed by atoms with van der Waals surface area (Å²) in [4.78, 5) is 41.8. The molecule has 7 nitrogen and oxygen atoms in total. The van der Waals surface area contributed by atoms with Gasteiger partial charge in [-0.1, -0.05) is 23.8 Å². The first kappa shape index (κ1) is 24.8. The number of hydrogen-bond acceptors (Lipinski definition) is 3. The molecule has 0 bridgehead atoms. The summed E-state index contributed by atoms with van der Waals surface area (Å²) in [5, 5.41) is 5.82. The number of carbonyl (C=O) groups is 3. The van der Waals surface area contributed by atoms with Crippen molar-refractivity contribution in [3.05, 3.63) is 64.2 Å². The number of carbonyl (C=O) groups excluding carboxylic acids is 3. The summed E-state index contributed by atoms with van der Waals surface area (Å²) in [6, 6.07) is 11.5. The van der Waals surface area contributed by atoms with Gasteiger partial charge in [-0.25, -0.2) is 4.79 Å². The van der Waals surface area contributed by atoms with Gasteiger partial charge in [0, 0.05) is 37.4 Å². The van der Waals surface area contributed by atoms with Crippen LogP contribution in [0.5, 0.6) is 0 Å². The van der Waals surface area contributed by atoms with Crippen LogP contribution in [0, 0.1) is 33.1 Å². The van der Waals surface area contributed by atoms with Crippen molar-refractivity contribution in [3.63, 3.8) is 0 Å². The van der Waals surface area contributed by atoms with E-state index in [0.717, 1.165) is 41.6 Å². The van der Waals surface area contributed by atoms with Gasteiger partial charge in [-0.2, -0.15) is 0 Å². The highest BCUT2D eigenvalue weighted by atomic mass is 16.2. The molecule has 0 aromatic heterocycles. The van der Waals surface area contributed by atoms with Crippen molar-refractivity contribution >= 4 is 23.5 Å². The van der Waals surface area contributed by atoms with Gasteiger partial charge in [0.1, 0.15) is 0 Å². The number of anilines is 1. The molecule has 0 unspecified atom stereocenters. The van der Waals surface area contributed by atoms with Crippen molar-refractivity contribution in [2.24, 2.45) is 5.41 Å². The predicted molar refractivity (Wildman–Crippen MR) is 138 cm³/mol. The molecule has 4 rings (SSSR count). The average molecular weight is 477 g/mol. The van der Waals surface area contributed by atoms with Gasteiger partial charge in [-0.15, -0.1) is 0 Å². The largest absolute Gasteiger partial charge is 0.343 e. The fourth-order valence-electron chi connectivity index (χ4n) is 5.14. The van der Waals surface area contributed by atoms with Crippen molar-refractivity contribution in [3.8, 4) is 0 Å². The highest BCUT2D eigenvalue weighted by molar-refractivity contribution is 5.96. The molecule has 2 aromatic rings. The maximum Gasteiger partial charge on any atom is 0.321 e. The first-order chi connectivity index (χ1) is 16.7. The van der Waals surface area contributed by atoms with Crippen molar-refractivity contribution < 1.29 is 14.4 Å². The number of nitrogens with zero attached hydrogens (tertiary/aromatic N) is 2. The maximum absolute atomic E-state index is 12.8. The molecule has 2 saturated heterocycles. The summed E-state index contributed by atoms with van der Waals surface area (Å²) in [7, 11) is 0. The van der Waals surface area contributed by atoms with E-state index in [-0.39, 0.29) is 29.8 Å². The molecule has 7 heteroatoms. The van der Waals surface area contributed by atoms with Crippen LogP contribution in [0.3, 0.4) is 0 Å². The molecule has 0 saturated carbocycles. The minimum atomic E-state index is -0.224. The van der Waals surface area contributed by atoms with Crippen molar-refractivity contribution in [2.45, 2.75) is 47.0 Å². The van der Waals surface area contributed by atoms with Crippen molar-refractivity contribution in [2.75, 3.05) is 38.0 Å². The number of amides is 4. The number of aryl methyl sites for hydroxylation is 4. The van der Waals surface area contributed by atoms with E-state index in [1.165, 1.54) is 5.56 Å². The van der Waals surface area contributed by atoms with E-state index < -0.39 is 0 Å². The molecular weight excluding hydrogens is 440 g/mol. The zero-order valence-electron chi connectivity index (χ0n) is 21.2. The lowest BCUT2D eigenvalue weighted by Crippen LogP contribution is -2.46. The average Bonchev–Trinajstić information content (AvgIpc) is 3.24. The molecule has 2 N–H and O–H groups in total. The normalized spacial score (nSPS) is 16.9. The minimum absolute atomic E-state index is 0.00622. The zero-order valence-corrected chi connectivity index (χ0v) is 21.2. The molecule has 2 aliphatic heterocycles. The Morgan fingerprint density at radius 1 is 0.829 bits per heavy atom. The van der Waals surface area contributed by atoms with E-state index in [1.807, 2.05) is 61.8 Å². The first-order valence-electron chi connectivity index (χ1n) is 12.4. The van der Waals surface area contributed by atoms with Gasteiger partial charge in [0.05, 0.1) is 6.54 Å². The molecule has 0 atom stereocenters. The standard InChI is InChI=1S/C28H36N4O3/c1-19-5-8-24(22(4)15-19)30-27(35)31-12-9-28(10-13-31)11-14-32(18-28)25(33)17-29-26(34)23-7-6-20(2)21(3)16-23/h5-8,15-16H,9-14,17-18H2,1-4H3,(H,29,34)(H,30,35). The van der Waals surface area contributed by atoms with Crippen LogP contribution in [0.1, 0.15) is 51.9 Å². The SMILES string of the molecule is Cc1ccc(NC(=O)N2CCC3(CCN(C(=O)CNC(=O)c4ccc(C)c(C)c4)C3)CC2)c(C)c1. The van der Waals surface area contributed by atoms with Crippen LogP contribution in [0.4, 0.5) is 10.5 Å².